The van der Waals surface area contributed by atoms with Crippen molar-refractivity contribution in [3.8, 4) is 0 Å². The number of imidazole rings is 1. The largest absolute Gasteiger partial charge is 0.324 e. The first-order chi connectivity index (χ1) is 9.45. The Morgan fingerprint density at radius 1 is 1.55 bits per heavy atom. The highest BCUT2D eigenvalue weighted by molar-refractivity contribution is 7.89. The quantitative estimate of drug-likeness (QED) is 0.884. The number of hydrogen-bond acceptors (Lipinski definition) is 4. The Morgan fingerprint density at radius 3 is 2.80 bits per heavy atom. The van der Waals surface area contributed by atoms with Crippen molar-refractivity contribution >= 4 is 33.0 Å². The average Bonchev–Trinajstić information content (AvgIpc) is 3.00. The number of nitrogens with zero attached hydrogens (tertiary/aromatic N) is 2. The fourth-order valence-corrected chi connectivity index (χ4v) is 4.42. The molecule has 2 aromatic heterocycles. The van der Waals surface area contributed by atoms with Crippen molar-refractivity contribution in [3.63, 3.8) is 0 Å². The van der Waals surface area contributed by atoms with Crippen LogP contribution < -0.4 is 4.72 Å². The van der Waals surface area contributed by atoms with Gasteiger partial charge in [0.1, 0.15) is 5.15 Å². The summed E-state index contributed by atoms with van der Waals surface area (Å²) < 4.78 is 28.9. The van der Waals surface area contributed by atoms with Gasteiger partial charge in [-0.25, -0.2) is 18.1 Å². The summed E-state index contributed by atoms with van der Waals surface area (Å²) in [6.45, 7) is 2.02. The molecule has 5 nitrogen and oxygen atoms in total. The van der Waals surface area contributed by atoms with Crippen molar-refractivity contribution in [2.45, 2.75) is 30.8 Å². The zero-order valence-electron chi connectivity index (χ0n) is 11.2. The van der Waals surface area contributed by atoms with E-state index in [2.05, 4.69) is 9.71 Å². The van der Waals surface area contributed by atoms with Gasteiger partial charge in [0.15, 0.2) is 0 Å². The molecule has 0 aromatic carbocycles. The number of sulfonamides is 1. The first-order valence-electron chi connectivity index (χ1n) is 6.18. The van der Waals surface area contributed by atoms with E-state index in [1.807, 2.05) is 24.4 Å². The van der Waals surface area contributed by atoms with E-state index in [4.69, 9.17) is 11.6 Å². The summed E-state index contributed by atoms with van der Waals surface area (Å²) in [5.41, 5.74) is 0. The van der Waals surface area contributed by atoms with Crippen molar-refractivity contribution < 1.29 is 8.42 Å². The molecule has 8 heteroatoms. The predicted octanol–water partition coefficient (Wildman–Crippen LogP) is 2.95. The Labute approximate surface area is 127 Å². The summed E-state index contributed by atoms with van der Waals surface area (Å²) in [5, 5.41) is 1.92. The van der Waals surface area contributed by atoms with Gasteiger partial charge in [0.25, 0.3) is 10.0 Å². The molecule has 20 heavy (non-hydrogen) atoms. The standard InChI is InChI=1S/C12H16ClN3O2S2/c1-3-5-9(10-6-4-7-19-10)15-20(17,18)12-11(13)16(2)8-14-12/h4,6-9,15H,3,5H2,1-2H3. The van der Waals surface area contributed by atoms with Gasteiger partial charge in [0.2, 0.25) is 5.03 Å². The third-order valence-electron chi connectivity index (χ3n) is 2.85. The number of hydrogen-bond donors (Lipinski definition) is 1. The molecule has 1 N–H and O–H groups in total. The van der Waals surface area contributed by atoms with Gasteiger partial charge < -0.3 is 4.57 Å². The van der Waals surface area contributed by atoms with Crippen LogP contribution in [0, 0.1) is 0 Å². The molecule has 0 saturated carbocycles. The topological polar surface area (TPSA) is 64.0 Å². The molecule has 2 rings (SSSR count). The van der Waals surface area contributed by atoms with Gasteiger partial charge in [-0.15, -0.1) is 11.3 Å². The van der Waals surface area contributed by atoms with Gasteiger partial charge >= 0.3 is 0 Å². The highest BCUT2D eigenvalue weighted by atomic mass is 35.5. The molecule has 1 atom stereocenters. The van der Waals surface area contributed by atoms with E-state index in [-0.39, 0.29) is 16.2 Å². The Hall–Kier alpha value is -0.890. The summed E-state index contributed by atoms with van der Waals surface area (Å²) in [5.74, 6) is 0. The van der Waals surface area contributed by atoms with E-state index in [1.54, 1.807) is 7.05 Å². The van der Waals surface area contributed by atoms with Crippen LogP contribution in [0.2, 0.25) is 5.15 Å². The highest BCUT2D eigenvalue weighted by Gasteiger charge is 2.26. The fraction of sp³-hybridized carbons (Fsp3) is 0.417. The Kier molecular flexibility index (Phi) is 4.85. The molecular formula is C12H16ClN3O2S2. The molecule has 0 bridgehead atoms. The molecule has 0 radical (unpaired) electrons. The molecule has 2 heterocycles. The first kappa shape index (κ1) is 15.5. The summed E-state index contributed by atoms with van der Waals surface area (Å²) >= 11 is 7.49. The lowest BCUT2D eigenvalue weighted by atomic mass is 10.1. The zero-order chi connectivity index (χ0) is 14.8. The molecule has 0 saturated heterocycles. The Morgan fingerprint density at radius 2 is 2.30 bits per heavy atom. The zero-order valence-corrected chi connectivity index (χ0v) is 13.6. The van der Waals surface area contributed by atoms with Crippen LogP contribution in [0.4, 0.5) is 0 Å². The molecule has 0 fully saturated rings. The maximum atomic E-state index is 12.4. The summed E-state index contributed by atoms with van der Waals surface area (Å²) in [6.07, 6.45) is 2.99. The van der Waals surface area contributed by atoms with Crippen LogP contribution in [0.25, 0.3) is 0 Å². The van der Waals surface area contributed by atoms with E-state index in [0.29, 0.717) is 0 Å². The molecule has 0 aliphatic heterocycles. The van der Waals surface area contributed by atoms with Crippen LogP contribution in [0.1, 0.15) is 30.7 Å². The lowest BCUT2D eigenvalue weighted by Gasteiger charge is -2.16. The normalized spacial score (nSPS) is 13.6. The molecule has 110 valence electrons. The maximum Gasteiger partial charge on any atom is 0.261 e. The molecule has 0 spiro atoms. The first-order valence-corrected chi connectivity index (χ1v) is 8.92. The number of aromatic nitrogens is 2. The van der Waals surface area contributed by atoms with E-state index in [0.717, 1.165) is 17.7 Å². The molecule has 1 unspecified atom stereocenters. The maximum absolute atomic E-state index is 12.4. The second kappa shape index (κ2) is 6.26. The van der Waals surface area contributed by atoms with Crippen molar-refractivity contribution in [1.82, 2.24) is 14.3 Å². The van der Waals surface area contributed by atoms with Gasteiger partial charge in [-0.3, -0.25) is 0 Å². The summed E-state index contributed by atoms with van der Waals surface area (Å²) in [4.78, 5) is 4.85. The molecule has 2 aromatic rings. The van der Waals surface area contributed by atoms with Crippen LogP contribution >= 0.6 is 22.9 Å². The smallest absolute Gasteiger partial charge is 0.261 e. The minimum atomic E-state index is -3.72. The monoisotopic (exact) mass is 333 g/mol. The van der Waals surface area contributed by atoms with Gasteiger partial charge in [-0.2, -0.15) is 0 Å². The number of aryl methyl sites for hydroxylation is 1. The van der Waals surface area contributed by atoms with Crippen LogP contribution in [-0.2, 0) is 17.1 Å². The molecule has 0 aliphatic carbocycles. The average molecular weight is 334 g/mol. The van der Waals surface area contributed by atoms with Crippen molar-refractivity contribution in [2.75, 3.05) is 0 Å². The second-order valence-electron chi connectivity index (χ2n) is 4.43. The number of halogens is 1. The Bertz CT molecular complexity index is 665. The van der Waals surface area contributed by atoms with Gasteiger partial charge in [-0.1, -0.05) is 31.0 Å². The van der Waals surface area contributed by atoms with Gasteiger partial charge in [-0.05, 0) is 17.9 Å². The number of thiophene rings is 1. The minimum absolute atomic E-state index is 0.110. The van der Waals surface area contributed by atoms with E-state index in [1.165, 1.54) is 22.2 Å². The lowest BCUT2D eigenvalue weighted by molar-refractivity contribution is 0.537. The minimum Gasteiger partial charge on any atom is -0.324 e. The molecule has 0 amide bonds. The number of rotatable bonds is 6. The summed E-state index contributed by atoms with van der Waals surface area (Å²) in [6, 6.07) is 3.58. The predicted molar refractivity (Wildman–Crippen MR) is 80.5 cm³/mol. The van der Waals surface area contributed by atoms with Crippen molar-refractivity contribution in [1.29, 1.82) is 0 Å². The van der Waals surface area contributed by atoms with Crippen LogP contribution in [0.3, 0.4) is 0 Å². The van der Waals surface area contributed by atoms with Crippen LogP contribution in [0.15, 0.2) is 28.9 Å². The molecule has 0 aliphatic rings. The van der Waals surface area contributed by atoms with Crippen molar-refractivity contribution in [2.24, 2.45) is 7.05 Å². The fourth-order valence-electron chi connectivity index (χ4n) is 1.85. The van der Waals surface area contributed by atoms with Crippen molar-refractivity contribution in [3.05, 3.63) is 33.9 Å². The van der Waals surface area contributed by atoms with Crippen LogP contribution in [-0.4, -0.2) is 18.0 Å². The SMILES string of the molecule is CCCC(NS(=O)(=O)c1ncn(C)c1Cl)c1cccs1. The van der Waals surface area contributed by atoms with E-state index < -0.39 is 10.0 Å². The Balaban J connectivity index is 2.28. The highest BCUT2D eigenvalue weighted by Crippen LogP contribution is 2.26. The summed E-state index contributed by atoms with van der Waals surface area (Å²) in [7, 11) is -2.07. The van der Waals surface area contributed by atoms with Gasteiger partial charge in [0.05, 0.1) is 12.4 Å². The van der Waals surface area contributed by atoms with E-state index >= 15 is 0 Å². The molecular weight excluding hydrogens is 318 g/mol. The van der Waals surface area contributed by atoms with Gasteiger partial charge in [0, 0.05) is 11.9 Å². The third kappa shape index (κ3) is 3.22. The van der Waals surface area contributed by atoms with E-state index in [9.17, 15) is 8.42 Å². The van der Waals surface area contributed by atoms with Crippen LogP contribution in [0.5, 0.6) is 0 Å². The second-order valence-corrected chi connectivity index (χ2v) is 7.40. The lowest BCUT2D eigenvalue weighted by Crippen LogP contribution is -2.28. The number of nitrogens with one attached hydrogen (secondary N) is 1. The third-order valence-corrected chi connectivity index (χ3v) is 5.80.